The zero-order valence-electron chi connectivity index (χ0n) is 14.1. The van der Waals surface area contributed by atoms with E-state index in [9.17, 15) is 28.1 Å². The van der Waals surface area contributed by atoms with Gasteiger partial charge >= 0.3 is 5.97 Å². The first kappa shape index (κ1) is 20.6. The molecule has 0 unspecified atom stereocenters. The van der Waals surface area contributed by atoms with Crippen LogP contribution in [-0.4, -0.2) is 43.6 Å². The fraction of sp³-hybridized carbons (Fsp3) is 0.467. The van der Waals surface area contributed by atoms with E-state index in [1.54, 1.807) is 6.92 Å². The molecule has 0 heterocycles. The van der Waals surface area contributed by atoms with Gasteiger partial charge in [0.15, 0.2) is 15.6 Å². The summed E-state index contributed by atoms with van der Waals surface area (Å²) >= 11 is 0. The summed E-state index contributed by atoms with van der Waals surface area (Å²) in [6, 6.07) is 2.87. The molecule has 1 aromatic carbocycles. The summed E-state index contributed by atoms with van der Waals surface area (Å²) in [7, 11) is -4.28. The van der Waals surface area contributed by atoms with Crippen LogP contribution in [0.25, 0.3) is 0 Å². The lowest BCUT2D eigenvalue weighted by Gasteiger charge is -2.12. The van der Waals surface area contributed by atoms with Gasteiger partial charge < -0.3 is 10.1 Å². The Bertz CT molecular complexity index is 774. The lowest BCUT2D eigenvalue weighted by molar-refractivity contribution is -0.387. The van der Waals surface area contributed by atoms with Crippen molar-refractivity contribution in [3.05, 3.63) is 33.9 Å². The van der Waals surface area contributed by atoms with Crippen LogP contribution in [-0.2, 0) is 19.4 Å². The van der Waals surface area contributed by atoms with Crippen molar-refractivity contribution < 1.29 is 27.7 Å². The maximum Gasteiger partial charge on any atom is 0.321 e. The average Bonchev–Trinajstić information content (AvgIpc) is 2.53. The first-order chi connectivity index (χ1) is 11.6. The number of esters is 1. The van der Waals surface area contributed by atoms with Crippen LogP contribution in [0, 0.1) is 10.1 Å². The van der Waals surface area contributed by atoms with Gasteiger partial charge in [-0.25, -0.2) is 8.42 Å². The minimum Gasteiger partial charge on any atom is -0.465 e. The zero-order valence-corrected chi connectivity index (χ0v) is 15.0. The van der Waals surface area contributed by atoms with E-state index in [-0.39, 0.29) is 18.2 Å². The molecule has 0 radical (unpaired) electrons. The SMILES string of the molecule is CCOC(=O)CS(=O)(=O)c1ccc(C(=O)N[C@H](C)CC)cc1[N+](=O)[O-]. The molecule has 0 saturated heterocycles. The van der Waals surface area contributed by atoms with Crippen LogP contribution < -0.4 is 5.32 Å². The van der Waals surface area contributed by atoms with E-state index in [4.69, 9.17) is 0 Å². The molecule has 1 aromatic rings. The molecule has 9 nitrogen and oxygen atoms in total. The third-order valence-electron chi connectivity index (χ3n) is 3.36. The molecule has 138 valence electrons. The van der Waals surface area contributed by atoms with E-state index < -0.39 is 43.0 Å². The second-order valence-electron chi connectivity index (χ2n) is 5.29. The fourth-order valence-corrected chi connectivity index (χ4v) is 3.19. The highest BCUT2D eigenvalue weighted by molar-refractivity contribution is 7.92. The highest BCUT2D eigenvalue weighted by Crippen LogP contribution is 2.26. The fourth-order valence-electron chi connectivity index (χ4n) is 1.91. The topological polar surface area (TPSA) is 133 Å². The molecular formula is C15H20N2O7S. The molecular weight excluding hydrogens is 352 g/mol. The van der Waals surface area contributed by atoms with Crippen molar-refractivity contribution in [1.82, 2.24) is 5.32 Å². The standard InChI is InChI=1S/C15H20N2O7S/c1-4-10(3)16-15(19)11-6-7-13(12(8-11)17(20)21)25(22,23)9-14(18)24-5-2/h6-8,10H,4-5,9H2,1-3H3,(H,16,19)/t10-/m1/s1. The van der Waals surface area contributed by atoms with Gasteiger partial charge in [0, 0.05) is 17.7 Å². The summed E-state index contributed by atoms with van der Waals surface area (Å²) in [5.74, 6) is -2.57. The number of nitrogens with zero attached hydrogens (tertiary/aromatic N) is 1. The summed E-state index contributed by atoms with van der Waals surface area (Å²) in [4.78, 5) is 33.2. The first-order valence-electron chi connectivity index (χ1n) is 7.60. The van der Waals surface area contributed by atoms with Crippen LogP contribution in [0.2, 0.25) is 0 Å². The third kappa shape index (κ3) is 5.52. The number of carbonyl (C=O) groups is 2. The van der Waals surface area contributed by atoms with Crippen molar-refractivity contribution in [2.75, 3.05) is 12.4 Å². The van der Waals surface area contributed by atoms with Crippen LogP contribution >= 0.6 is 0 Å². The Morgan fingerprint density at radius 2 is 1.96 bits per heavy atom. The molecule has 1 amide bonds. The number of carbonyl (C=O) groups excluding carboxylic acids is 2. The molecule has 1 atom stereocenters. The average molecular weight is 372 g/mol. The van der Waals surface area contributed by atoms with E-state index in [1.807, 2.05) is 6.92 Å². The highest BCUT2D eigenvalue weighted by Gasteiger charge is 2.30. The molecule has 0 fully saturated rings. The van der Waals surface area contributed by atoms with Crippen LogP contribution in [0.1, 0.15) is 37.6 Å². The maximum atomic E-state index is 12.2. The van der Waals surface area contributed by atoms with Crippen molar-refractivity contribution in [2.24, 2.45) is 0 Å². The predicted octanol–water partition coefficient (Wildman–Crippen LogP) is 1.46. The minimum absolute atomic E-state index is 0.00876. The second kappa shape index (κ2) is 8.56. The Morgan fingerprint density at radius 3 is 2.48 bits per heavy atom. The molecule has 0 aliphatic rings. The molecule has 1 N–H and O–H groups in total. The molecule has 0 saturated carbocycles. The number of hydrogen-bond acceptors (Lipinski definition) is 7. The Kier molecular flexibility index (Phi) is 7.04. The summed E-state index contributed by atoms with van der Waals surface area (Å²) in [5.41, 5.74) is -0.803. The highest BCUT2D eigenvalue weighted by atomic mass is 32.2. The van der Waals surface area contributed by atoms with Crippen LogP contribution in [0.3, 0.4) is 0 Å². The van der Waals surface area contributed by atoms with E-state index >= 15 is 0 Å². The Labute approximate surface area is 145 Å². The summed E-state index contributed by atoms with van der Waals surface area (Å²) < 4.78 is 29.0. The van der Waals surface area contributed by atoms with Gasteiger partial charge in [-0.05, 0) is 32.4 Å². The smallest absolute Gasteiger partial charge is 0.321 e. The van der Waals surface area contributed by atoms with Gasteiger partial charge in [0.2, 0.25) is 0 Å². The monoisotopic (exact) mass is 372 g/mol. The van der Waals surface area contributed by atoms with Gasteiger partial charge in [0.1, 0.15) is 4.90 Å². The Hall–Kier alpha value is -2.49. The van der Waals surface area contributed by atoms with Crippen molar-refractivity contribution >= 4 is 27.4 Å². The molecule has 10 heteroatoms. The summed E-state index contributed by atoms with van der Waals surface area (Å²) in [6.45, 7) is 5.13. The number of ether oxygens (including phenoxy) is 1. The molecule has 0 bridgehead atoms. The number of nitrogens with one attached hydrogen (secondary N) is 1. The molecule has 1 rings (SSSR count). The third-order valence-corrected chi connectivity index (χ3v) is 4.99. The van der Waals surface area contributed by atoms with Gasteiger partial charge in [0.25, 0.3) is 11.6 Å². The minimum atomic E-state index is -4.28. The molecule has 0 aliphatic heterocycles. The number of amides is 1. The Balaban J connectivity index is 3.24. The van der Waals surface area contributed by atoms with Crippen molar-refractivity contribution in [3.63, 3.8) is 0 Å². The molecule has 25 heavy (non-hydrogen) atoms. The number of nitro benzene ring substituents is 1. The molecule has 0 aliphatic carbocycles. The normalized spacial score (nSPS) is 12.3. The zero-order chi connectivity index (χ0) is 19.2. The van der Waals surface area contributed by atoms with Crippen molar-refractivity contribution in [2.45, 2.75) is 38.1 Å². The number of hydrogen-bond donors (Lipinski definition) is 1. The van der Waals surface area contributed by atoms with Crippen molar-refractivity contribution in [3.8, 4) is 0 Å². The van der Waals surface area contributed by atoms with Gasteiger partial charge in [-0.3, -0.25) is 19.7 Å². The van der Waals surface area contributed by atoms with E-state index in [0.717, 1.165) is 12.1 Å². The maximum absolute atomic E-state index is 12.2. The summed E-state index contributed by atoms with van der Waals surface area (Å²) in [5, 5.41) is 13.9. The number of nitro groups is 1. The van der Waals surface area contributed by atoms with Gasteiger partial charge in [-0.15, -0.1) is 0 Å². The van der Waals surface area contributed by atoms with E-state index in [1.165, 1.54) is 13.0 Å². The molecule has 0 spiro atoms. The van der Waals surface area contributed by atoms with Gasteiger partial charge in [0.05, 0.1) is 11.5 Å². The molecule has 0 aromatic heterocycles. The van der Waals surface area contributed by atoms with Gasteiger partial charge in [-0.2, -0.15) is 0 Å². The Morgan fingerprint density at radius 1 is 1.32 bits per heavy atom. The van der Waals surface area contributed by atoms with E-state index in [2.05, 4.69) is 10.1 Å². The van der Waals surface area contributed by atoms with Crippen LogP contribution in [0.4, 0.5) is 5.69 Å². The lowest BCUT2D eigenvalue weighted by Crippen LogP contribution is -2.32. The van der Waals surface area contributed by atoms with Gasteiger partial charge in [-0.1, -0.05) is 6.92 Å². The van der Waals surface area contributed by atoms with Crippen LogP contribution in [0.5, 0.6) is 0 Å². The quantitative estimate of drug-likeness (QED) is 0.415. The van der Waals surface area contributed by atoms with Crippen molar-refractivity contribution in [1.29, 1.82) is 0 Å². The van der Waals surface area contributed by atoms with Crippen LogP contribution in [0.15, 0.2) is 23.1 Å². The largest absolute Gasteiger partial charge is 0.465 e. The number of rotatable bonds is 8. The lowest BCUT2D eigenvalue weighted by atomic mass is 10.1. The predicted molar refractivity (Wildman–Crippen MR) is 89.0 cm³/mol. The number of benzene rings is 1. The first-order valence-corrected chi connectivity index (χ1v) is 9.25. The number of sulfone groups is 1. The van der Waals surface area contributed by atoms with E-state index in [0.29, 0.717) is 6.42 Å². The summed E-state index contributed by atoms with van der Waals surface area (Å²) in [6.07, 6.45) is 0.667. The second-order valence-corrected chi connectivity index (χ2v) is 7.24.